The Morgan fingerprint density at radius 2 is 2.12 bits per heavy atom. The van der Waals surface area contributed by atoms with Crippen LogP contribution in [0.5, 0.6) is 0 Å². The molecule has 1 aromatic heterocycles. The van der Waals surface area contributed by atoms with Gasteiger partial charge in [0.15, 0.2) is 0 Å². The maximum Gasteiger partial charge on any atom is 0.142 e. The topological polar surface area (TPSA) is 26.0 Å². The van der Waals surface area contributed by atoms with Crippen molar-refractivity contribution in [1.29, 1.82) is 0 Å². The van der Waals surface area contributed by atoms with Gasteiger partial charge >= 0.3 is 0 Å². The van der Waals surface area contributed by atoms with Crippen LogP contribution in [0, 0.1) is 5.82 Å². The summed E-state index contributed by atoms with van der Waals surface area (Å²) >= 11 is 7.54. The highest BCUT2D eigenvalue weighted by atomic mass is 35.5. The number of halogens is 2. The molecule has 90 valence electrons. The van der Waals surface area contributed by atoms with Crippen LogP contribution in [0.2, 0.25) is 5.02 Å². The van der Waals surface area contributed by atoms with Crippen molar-refractivity contribution in [2.24, 2.45) is 5.73 Å². The van der Waals surface area contributed by atoms with Crippen LogP contribution in [0.25, 0.3) is 0 Å². The van der Waals surface area contributed by atoms with Crippen molar-refractivity contribution in [1.82, 2.24) is 0 Å². The summed E-state index contributed by atoms with van der Waals surface area (Å²) in [4.78, 5) is 0. The number of hydrogen-bond donors (Lipinski definition) is 1. The summed E-state index contributed by atoms with van der Waals surface area (Å²) in [6.07, 6.45) is 1.38. The standard InChI is InChI=1S/C13H13ClFNS/c14-13-10(2-1-3-12(13)15)7-11(16)6-9-4-5-17-8-9/h1-5,8,11H,6-7,16H2. The van der Waals surface area contributed by atoms with Crippen LogP contribution in [-0.2, 0) is 12.8 Å². The minimum atomic E-state index is -0.382. The Bertz CT molecular complexity index is 484. The number of rotatable bonds is 4. The van der Waals surface area contributed by atoms with Crippen LogP contribution in [0.1, 0.15) is 11.1 Å². The number of thiophene rings is 1. The minimum absolute atomic E-state index is 0.0381. The quantitative estimate of drug-likeness (QED) is 0.901. The molecule has 2 aromatic rings. The molecule has 1 heterocycles. The zero-order valence-corrected chi connectivity index (χ0v) is 10.8. The highest BCUT2D eigenvalue weighted by Gasteiger charge is 2.10. The lowest BCUT2D eigenvalue weighted by atomic mass is 10.0. The average molecular weight is 270 g/mol. The second-order valence-corrected chi connectivity index (χ2v) is 5.17. The molecule has 1 unspecified atom stereocenters. The van der Waals surface area contributed by atoms with E-state index in [1.54, 1.807) is 17.4 Å². The van der Waals surface area contributed by atoms with E-state index in [4.69, 9.17) is 17.3 Å². The lowest BCUT2D eigenvalue weighted by Crippen LogP contribution is -2.25. The van der Waals surface area contributed by atoms with E-state index < -0.39 is 0 Å². The lowest BCUT2D eigenvalue weighted by molar-refractivity contribution is 0.619. The van der Waals surface area contributed by atoms with Crippen molar-refractivity contribution in [2.75, 3.05) is 0 Å². The first-order valence-corrected chi connectivity index (χ1v) is 6.68. The van der Waals surface area contributed by atoms with Crippen LogP contribution in [0.3, 0.4) is 0 Å². The Morgan fingerprint density at radius 3 is 2.82 bits per heavy atom. The fourth-order valence-corrected chi connectivity index (χ4v) is 2.66. The smallest absolute Gasteiger partial charge is 0.142 e. The number of hydrogen-bond acceptors (Lipinski definition) is 2. The first-order chi connectivity index (χ1) is 8.16. The molecule has 2 N–H and O–H groups in total. The van der Waals surface area contributed by atoms with Crippen LogP contribution in [-0.4, -0.2) is 6.04 Å². The van der Waals surface area contributed by atoms with E-state index in [0.29, 0.717) is 6.42 Å². The molecule has 0 aliphatic rings. The third-order valence-electron chi connectivity index (χ3n) is 2.59. The van der Waals surface area contributed by atoms with Gasteiger partial charge < -0.3 is 5.73 Å². The molecule has 0 radical (unpaired) electrons. The van der Waals surface area contributed by atoms with Gasteiger partial charge in [0.1, 0.15) is 5.82 Å². The minimum Gasteiger partial charge on any atom is -0.327 e. The Kier molecular flexibility index (Phi) is 4.15. The first-order valence-electron chi connectivity index (χ1n) is 5.36. The SMILES string of the molecule is NC(Cc1ccsc1)Cc1cccc(F)c1Cl. The monoisotopic (exact) mass is 269 g/mol. The van der Waals surface area contributed by atoms with E-state index in [-0.39, 0.29) is 16.9 Å². The Labute approximate surface area is 109 Å². The summed E-state index contributed by atoms with van der Waals surface area (Å²) < 4.78 is 13.2. The summed E-state index contributed by atoms with van der Waals surface area (Å²) in [7, 11) is 0. The molecular formula is C13H13ClFNS. The summed E-state index contributed by atoms with van der Waals surface area (Å²) in [5.41, 5.74) is 8.03. The van der Waals surface area contributed by atoms with Crippen molar-refractivity contribution < 1.29 is 4.39 Å². The Balaban J connectivity index is 2.03. The molecule has 1 nitrogen and oxygen atoms in total. The molecule has 4 heteroatoms. The Hall–Kier alpha value is -0.900. The average Bonchev–Trinajstić information content (AvgIpc) is 2.77. The van der Waals surface area contributed by atoms with Gasteiger partial charge in [0.25, 0.3) is 0 Å². The summed E-state index contributed by atoms with van der Waals surface area (Å²) in [5, 5.41) is 4.29. The van der Waals surface area contributed by atoms with Gasteiger partial charge in [0.05, 0.1) is 5.02 Å². The molecule has 0 spiro atoms. The molecule has 17 heavy (non-hydrogen) atoms. The van der Waals surface area contributed by atoms with Gasteiger partial charge in [-0.1, -0.05) is 23.7 Å². The van der Waals surface area contributed by atoms with E-state index in [1.165, 1.54) is 11.6 Å². The van der Waals surface area contributed by atoms with Gasteiger partial charge in [0, 0.05) is 6.04 Å². The van der Waals surface area contributed by atoms with E-state index >= 15 is 0 Å². The molecule has 0 aliphatic carbocycles. The second-order valence-electron chi connectivity index (χ2n) is 4.01. The molecule has 0 fully saturated rings. The molecule has 0 bridgehead atoms. The second kappa shape index (κ2) is 5.63. The summed E-state index contributed by atoms with van der Waals surface area (Å²) in [6.45, 7) is 0. The van der Waals surface area contributed by atoms with Crippen molar-refractivity contribution in [2.45, 2.75) is 18.9 Å². The van der Waals surface area contributed by atoms with Crippen LogP contribution in [0.15, 0.2) is 35.0 Å². The largest absolute Gasteiger partial charge is 0.327 e. The first kappa shape index (κ1) is 12.6. The van der Waals surface area contributed by atoms with Gasteiger partial charge in [-0.3, -0.25) is 0 Å². The molecule has 2 rings (SSSR count). The highest BCUT2D eigenvalue weighted by Crippen LogP contribution is 2.21. The van der Waals surface area contributed by atoms with Gasteiger partial charge in [-0.15, -0.1) is 0 Å². The third-order valence-corrected chi connectivity index (χ3v) is 3.75. The van der Waals surface area contributed by atoms with E-state index in [0.717, 1.165) is 12.0 Å². The van der Waals surface area contributed by atoms with Crippen molar-refractivity contribution in [3.63, 3.8) is 0 Å². The molecule has 0 aliphatic heterocycles. The molecule has 1 atom stereocenters. The van der Waals surface area contributed by atoms with E-state index in [2.05, 4.69) is 11.4 Å². The predicted molar refractivity (Wildman–Crippen MR) is 71.1 cm³/mol. The van der Waals surface area contributed by atoms with Gasteiger partial charge in [-0.05, 0) is 46.9 Å². The molecular weight excluding hydrogens is 257 g/mol. The summed E-state index contributed by atoms with van der Waals surface area (Å²) in [6, 6.07) is 6.85. The van der Waals surface area contributed by atoms with Gasteiger partial charge in [0.2, 0.25) is 0 Å². The van der Waals surface area contributed by atoms with Crippen molar-refractivity contribution in [3.05, 3.63) is 57.0 Å². The van der Waals surface area contributed by atoms with Crippen LogP contribution in [0.4, 0.5) is 4.39 Å². The normalized spacial score (nSPS) is 12.6. The zero-order valence-electron chi connectivity index (χ0n) is 9.20. The molecule has 0 saturated heterocycles. The fraction of sp³-hybridized carbons (Fsp3) is 0.231. The summed E-state index contributed by atoms with van der Waals surface area (Å²) in [5.74, 6) is -0.382. The Morgan fingerprint density at radius 1 is 1.29 bits per heavy atom. The van der Waals surface area contributed by atoms with Crippen molar-refractivity contribution >= 4 is 22.9 Å². The maximum absolute atomic E-state index is 13.2. The maximum atomic E-state index is 13.2. The van der Waals surface area contributed by atoms with Gasteiger partial charge in [-0.25, -0.2) is 4.39 Å². The molecule has 0 amide bonds. The lowest BCUT2D eigenvalue weighted by Gasteiger charge is -2.12. The van der Waals surface area contributed by atoms with Crippen LogP contribution < -0.4 is 5.73 Å². The predicted octanol–water partition coefficient (Wildman–Crippen LogP) is 3.65. The van der Waals surface area contributed by atoms with E-state index in [1.807, 2.05) is 11.4 Å². The number of nitrogens with two attached hydrogens (primary N) is 1. The third kappa shape index (κ3) is 3.28. The molecule has 1 aromatic carbocycles. The zero-order chi connectivity index (χ0) is 12.3. The number of benzene rings is 1. The molecule has 0 saturated carbocycles. The van der Waals surface area contributed by atoms with Gasteiger partial charge in [-0.2, -0.15) is 11.3 Å². The fourth-order valence-electron chi connectivity index (χ4n) is 1.77. The highest BCUT2D eigenvalue weighted by molar-refractivity contribution is 7.07. The van der Waals surface area contributed by atoms with Crippen LogP contribution >= 0.6 is 22.9 Å². The van der Waals surface area contributed by atoms with E-state index in [9.17, 15) is 4.39 Å². The van der Waals surface area contributed by atoms with Crippen molar-refractivity contribution in [3.8, 4) is 0 Å².